The van der Waals surface area contributed by atoms with Crippen molar-refractivity contribution in [2.45, 2.75) is 6.42 Å². The van der Waals surface area contributed by atoms with Gasteiger partial charge in [0.25, 0.3) is 0 Å². The highest BCUT2D eigenvalue weighted by Crippen LogP contribution is 2.20. The number of rotatable bonds is 7. The monoisotopic (exact) mass is 358 g/mol. The van der Waals surface area contributed by atoms with Gasteiger partial charge in [-0.25, -0.2) is 9.18 Å². The molecule has 0 aromatic heterocycles. The molecule has 0 spiro atoms. The first-order valence-corrected chi connectivity index (χ1v) is 8.81. The van der Waals surface area contributed by atoms with Crippen LogP contribution in [0.3, 0.4) is 0 Å². The lowest BCUT2D eigenvalue weighted by Crippen LogP contribution is -2.47. The van der Waals surface area contributed by atoms with Gasteiger partial charge in [-0.05, 0) is 42.8 Å². The zero-order valence-electron chi connectivity index (χ0n) is 14.6. The third-order valence-electron chi connectivity index (χ3n) is 4.55. The number of anilines is 1. The molecule has 0 unspecified atom stereocenters. The van der Waals surface area contributed by atoms with Gasteiger partial charge in [-0.15, -0.1) is 0 Å². The summed E-state index contributed by atoms with van der Waals surface area (Å²) in [6.45, 7) is 4.96. The minimum atomic E-state index is -0.939. The Morgan fingerprint density at radius 2 is 1.73 bits per heavy atom. The van der Waals surface area contributed by atoms with Crippen molar-refractivity contribution in [2.24, 2.45) is 0 Å². The largest absolute Gasteiger partial charge is 0.494 e. The molecular weight excluding hydrogens is 335 g/mol. The molecule has 0 radical (unpaired) electrons. The number of benzene rings is 2. The number of hydrogen-bond donors (Lipinski definition) is 1. The molecule has 1 saturated heterocycles. The van der Waals surface area contributed by atoms with Crippen molar-refractivity contribution in [3.63, 3.8) is 0 Å². The van der Waals surface area contributed by atoms with Crippen LogP contribution in [0.2, 0.25) is 0 Å². The topological polar surface area (TPSA) is 53.0 Å². The second kappa shape index (κ2) is 8.67. The summed E-state index contributed by atoms with van der Waals surface area (Å²) in [5.41, 5.74) is 0.936. The summed E-state index contributed by atoms with van der Waals surface area (Å²) in [7, 11) is 0. The Kier molecular flexibility index (Phi) is 6.07. The van der Waals surface area contributed by atoms with E-state index in [2.05, 4.69) is 9.80 Å². The molecule has 2 aromatic rings. The van der Waals surface area contributed by atoms with Crippen LogP contribution in [0, 0.1) is 5.82 Å². The number of ether oxygens (including phenoxy) is 1. The summed E-state index contributed by atoms with van der Waals surface area (Å²) in [5.74, 6) is -0.422. The van der Waals surface area contributed by atoms with Gasteiger partial charge in [0, 0.05) is 32.7 Å². The van der Waals surface area contributed by atoms with Crippen LogP contribution in [0.5, 0.6) is 5.75 Å². The highest BCUT2D eigenvalue weighted by molar-refractivity contribution is 5.87. The Morgan fingerprint density at radius 3 is 2.38 bits per heavy atom. The van der Waals surface area contributed by atoms with Crippen LogP contribution in [0.1, 0.15) is 16.8 Å². The summed E-state index contributed by atoms with van der Waals surface area (Å²) in [4.78, 5) is 15.3. The molecule has 138 valence electrons. The van der Waals surface area contributed by atoms with Crippen LogP contribution < -0.4 is 9.64 Å². The molecule has 26 heavy (non-hydrogen) atoms. The summed E-state index contributed by atoms with van der Waals surface area (Å²) < 4.78 is 19.5. The molecule has 6 heteroatoms. The summed E-state index contributed by atoms with van der Waals surface area (Å²) >= 11 is 0. The highest BCUT2D eigenvalue weighted by atomic mass is 19.1. The summed E-state index contributed by atoms with van der Waals surface area (Å²) in [6.07, 6.45) is 0.889. The van der Waals surface area contributed by atoms with Crippen LogP contribution in [-0.2, 0) is 0 Å². The van der Waals surface area contributed by atoms with Gasteiger partial charge < -0.3 is 14.7 Å². The number of piperazine rings is 1. The van der Waals surface area contributed by atoms with Crippen molar-refractivity contribution < 1.29 is 19.0 Å². The first kappa shape index (κ1) is 18.2. The molecule has 3 rings (SSSR count). The molecule has 0 amide bonds. The number of carbonyl (C=O) groups is 1. The lowest BCUT2D eigenvalue weighted by atomic mass is 10.2. The molecule has 5 nitrogen and oxygen atoms in total. The second-order valence-corrected chi connectivity index (χ2v) is 6.31. The molecule has 1 heterocycles. The van der Waals surface area contributed by atoms with E-state index in [1.807, 2.05) is 12.1 Å². The van der Waals surface area contributed by atoms with E-state index in [4.69, 9.17) is 9.84 Å². The van der Waals surface area contributed by atoms with Gasteiger partial charge in [-0.1, -0.05) is 12.1 Å². The van der Waals surface area contributed by atoms with E-state index >= 15 is 0 Å². The molecule has 0 saturated carbocycles. The molecule has 0 bridgehead atoms. The number of para-hydroxylation sites is 1. The van der Waals surface area contributed by atoms with Gasteiger partial charge in [0.1, 0.15) is 11.6 Å². The first-order valence-electron chi connectivity index (χ1n) is 8.81. The quantitative estimate of drug-likeness (QED) is 0.771. The lowest BCUT2D eigenvalue weighted by Gasteiger charge is -2.36. The van der Waals surface area contributed by atoms with Crippen molar-refractivity contribution in [1.29, 1.82) is 0 Å². The maximum absolute atomic E-state index is 13.8. The van der Waals surface area contributed by atoms with Gasteiger partial charge in [-0.3, -0.25) is 4.90 Å². The van der Waals surface area contributed by atoms with E-state index in [-0.39, 0.29) is 11.4 Å². The number of carboxylic acid groups (broad SMARTS) is 1. The number of nitrogens with zero attached hydrogens (tertiary/aromatic N) is 2. The van der Waals surface area contributed by atoms with Crippen LogP contribution >= 0.6 is 0 Å². The van der Waals surface area contributed by atoms with E-state index in [0.29, 0.717) is 18.0 Å². The Balaban J connectivity index is 1.36. The fraction of sp³-hybridized carbons (Fsp3) is 0.350. The minimum Gasteiger partial charge on any atom is -0.494 e. The van der Waals surface area contributed by atoms with Crippen molar-refractivity contribution in [2.75, 3.05) is 44.2 Å². The number of hydrogen-bond acceptors (Lipinski definition) is 4. The third kappa shape index (κ3) is 4.73. The molecule has 1 aliphatic rings. The van der Waals surface area contributed by atoms with Crippen molar-refractivity contribution in [3.8, 4) is 5.75 Å². The Morgan fingerprint density at radius 1 is 1.04 bits per heavy atom. The Hall–Kier alpha value is -2.60. The highest BCUT2D eigenvalue weighted by Gasteiger charge is 2.18. The van der Waals surface area contributed by atoms with Crippen LogP contribution in [0.4, 0.5) is 10.1 Å². The van der Waals surface area contributed by atoms with E-state index in [9.17, 15) is 9.18 Å². The number of aromatic carboxylic acids is 1. The molecular formula is C20H23FN2O3. The zero-order valence-corrected chi connectivity index (χ0v) is 14.6. The molecule has 1 aliphatic heterocycles. The second-order valence-electron chi connectivity index (χ2n) is 6.31. The summed E-state index contributed by atoms with van der Waals surface area (Å²) in [5, 5.41) is 8.87. The zero-order chi connectivity index (χ0) is 18.4. The van der Waals surface area contributed by atoms with Crippen molar-refractivity contribution in [1.82, 2.24) is 4.90 Å². The predicted molar refractivity (Wildman–Crippen MR) is 98.6 cm³/mol. The van der Waals surface area contributed by atoms with Crippen molar-refractivity contribution in [3.05, 3.63) is 59.9 Å². The molecule has 2 aromatic carbocycles. The van der Waals surface area contributed by atoms with Crippen LogP contribution in [0.15, 0.2) is 48.5 Å². The van der Waals surface area contributed by atoms with Gasteiger partial charge in [0.05, 0.1) is 17.9 Å². The van der Waals surface area contributed by atoms with Gasteiger partial charge >= 0.3 is 5.97 Å². The van der Waals surface area contributed by atoms with Crippen LogP contribution in [-0.4, -0.2) is 55.3 Å². The average Bonchev–Trinajstić information content (AvgIpc) is 2.67. The van der Waals surface area contributed by atoms with Crippen LogP contribution in [0.25, 0.3) is 0 Å². The van der Waals surface area contributed by atoms with E-state index in [0.717, 1.165) is 39.1 Å². The smallest absolute Gasteiger partial charge is 0.335 e. The van der Waals surface area contributed by atoms with Crippen molar-refractivity contribution >= 4 is 11.7 Å². The standard InChI is InChI=1S/C20H23FN2O3/c21-18-4-1-2-5-19(18)23-13-11-22(12-14-23)10-3-15-26-17-8-6-16(7-9-17)20(24)25/h1-2,4-9H,3,10-15H2,(H,24,25). The maximum atomic E-state index is 13.8. The first-order chi connectivity index (χ1) is 12.6. The predicted octanol–water partition coefficient (Wildman–Crippen LogP) is 3.12. The Bertz CT molecular complexity index is 728. The Labute approximate surface area is 152 Å². The maximum Gasteiger partial charge on any atom is 0.335 e. The normalized spacial score (nSPS) is 15.0. The van der Waals surface area contributed by atoms with Gasteiger partial charge in [0.15, 0.2) is 0 Å². The summed E-state index contributed by atoms with van der Waals surface area (Å²) in [6, 6.07) is 13.3. The van der Waals surface area contributed by atoms with E-state index in [1.165, 1.54) is 6.07 Å². The van der Waals surface area contributed by atoms with E-state index < -0.39 is 5.97 Å². The van der Waals surface area contributed by atoms with E-state index in [1.54, 1.807) is 30.3 Å². The fourth-order valence-corrected chi connectivity index (χ4v) is 3.09. The van der Waals surface area contributed by atoms with Gasteiger partial charge in [0.2, 0.25) is 0 Å². The van der Waals surface area contributed by atoms with Gasteiger partial charge in [-0.2, -0.15) is 0 Å². The minimum absolute atomic E-state index is 0.164. The number of halogens is 1. The molecule has 1 N–H and O–H groups in total. The molecule has 1 fully saturated rings. The lowest BCUT2D eigenvalue weighted by molar-refractivity contribution is 0.0697. The SMILES string of the molecule is O=C(O)c1ccc(OCCCN2CCN(c3ccccc3F)CC2)cc1. The number of carboxylic acids is 1. The average molecular weight is 358 g/mol. The third-order valence-corrected chi connectivity index (χ3v) is 4.55. The molecule has 0 atom stereocenters. The fourth-order valence-electron chi connectivity index (χ4n) is 3.09. The molecule has 0 aliphatic carbocycles.